The smallest absolute Gasteiger partial charge is 0.130 e. The fraction of sp³-hybridized carbons (Fsp3) is 0.294. The summed E-state index contributed by atoms with van der Waals surface area (Å²) in [7, 11) is 3.33. The van der Waals surface area contributed by atoms with Gasteiger partial charge in [0.1, 0.15) is 11.5 Å². The van der Waals surface area contributed by atoms with Crippen LogP contribution in [0.4, 0.5) is 0 Å². The van der Waals surface area contributed by atoms with Crippen LogP contribution in [-0.2, 0) is 0 Å². The Morgan fingerprint density at radius 3 is 2.16 bits per heavy atom. The second-order valence-electron chi connectivity index (χ2n) is 3.94. The van der Waals surface area contributed by atoms with E-state index in [4.69, 9.17) is 9.47 Å². The molecule has 0 radical (unpaired) electrons. The first kappa shape index (κ1) is 15.1. The van der Waals surface area contributed by atoms with Crippen LogP contribution in [0.5, 0.6) is 11.5 Å². The third kappa shape index (κ3) is 3.75. The first-order valence-electron chi connectivity index (χ1n) is 6.53. The topological polar surface area (TPSA) is 18.5 Å². The van der Waals surface area contributed by atoms with Crippen molar-refractivity contribution in [3.8, 4) is 22.6 Å². The summed E-state index contributed by atoms with van der Waals surface area (Å²) in [4.78, 5) is 0. The van der Waals surface area contributed by atoms with Gasteiger partial charge in [0.05, 0.1) is 14.2 Å². The summed E-state index contributed by atoms with van der Waals surface area (Å²) in [5.41, 5.74) is 3.47. The number of aryl methyl sites for hydroxylation is 1. The molecule has 0 saturated heterocycles. The average molecular weight is 258 g/mol. The van der Waals surface area contributed by atoms with Gasteiger partial charge in [0.25, 0.3) is 0 Å². The zero-order valence-corrected chi connectivity index (χ0v) is 12.4. The number of hydrogen-bond donors (Lipinski definition) is 0. The lowest BCUT2D eigenvalue weighted by atomic mass is 10.0. The first-order valence-corrected chi connectivity index (χ1v) is 6.53. The molecule has 0 aromatic heterocycles. The van der Waals surface area contributed by atoms with E-state index in [0.717, 1.165) is 22.6 Å². The van der Waals surface area contributed by atoms with Crippen molar-refractivity contribution in [2.24, 2.45) is 0 Å². The highest BCUT2D eigenvalue weighted by Crippen LogP contribution is 2.33. The Kier molecular flexibility index (Phi) is 5.94. The van der Waals surface area contributed by atoms with Gasteiger partial charge >= 0.3 is 0 Å². The second kappa shape index (κ2) is 7.47. The summed E-state index contributed by atoms with van der Waals surface area (Å²) in [6, 6.07) is 14.2. The lowest BCUT2D eigenvalue weighted by Crippen LogP contribution is -1.90. The Morgan fingerprint density at radius 1 is 0.842 bits per heavy atom. The molecule has 0 unspecified atom stereocenters. The molecule has 0 N–H and O–H groups in total. The van der Waals surface area contributed by atoms with E-state index in [1.54, 1.807) is 14.2 Å². The van der Waals surface area contributed by atoms with Gasteiger partial charge in [-0.15, -0.1) is 0 Å². The third-order valence-electron chi connectivity index (χ3n) is 2.74. The normalized spacial score (nSPS) is 9.32. The minimum absolute atomic E-state index is 0.804. The van der Waals surface area contributed by atoms with Gasteiger partial charge in [0.2, 0.25) is 0 Å². The lowest BCUT2D eigenvalue weighted by molar-refractivity contribution is 0.395. The van der Waals surface area contributed by atoms with Crippen LogP contribution in [0.1, 0.15) is 19.4 Å². The highest BCUT2D eigenvalue weighted by molar-refractivity contribution is 5.72. The summed E-state index contributed by atoms with van der Waals surface area (Å²) in [6.45, 7) is 6.08. The predicted molar refractivity (Wildman–Crippen MR) is 81.1 cm³/mol. The molecule has 0 aliphatic carbocycles. The first-order chi connectivity index (χ1) is 9.24. The molecule has 2 aromatic rings. The molecule has 2 nitrogen and oxygen atoms in total. The van der Waals surface area contributed by atoms with Crippen molar-refractivity contribution in [1.82, 2.24) is 0 Å². The molecule has 0 heterocycles. The summed E-state index contributed by atoms with van der Waals surface area (Å²) < 4.78 is 10.6. The Hall–Kier alpha value is -1.96. The molecule has 0 atom stereocenters. The SMILES string of the molecule is CC.COc1ccc(-c2cccc(C)c2)c(OC)c1. The Morgan fingerprint density at radius 2 is 1.58 bits per heavy atom. The molecular formula is C17H22O2. The van der Waals surface area contributed by atoms with E-state index in [1.165, 1.54) is 5.56 Å². The Labute approximate surface area is 116 Å². The third-order valence-corrected chi connectivity index (χ3v) is 2.74. The van der Waals surface area contributed by atoms with Gasteiger partial charge in [-0.05, 0) is 24.6 Å². The number of rotatable bonds is 3. The second-order valence-corrected chi connectivity index (χ2v) is 3.94. The van der Waals surface area contributed by atoms with Gasteiger partial charge < -0.3 is 9.47 Å². The van der Waals surface area contributed by atoms with Crippen LogP contribution in [0.25, 0.3) is 11.1 Å². The molecule has 102 valence electrons. The molecule has 0 spiro atoms. The van der Waals surface area contributed by atoms with Gasteiger partial charge in [0.15, 0.2) is 0 Å². The van der Waals surface area contributed by atoms with Crippen molar-refractivity contribution in [3.63, 3.8) is 0 Å². The van der Waals surface area contributed by atoms with Crippen LogP contribution < -0.4 is 9.47 Å². The van der Waals surface area contributed by atoms with Crippen molar-refractivity contribution >= 4 is 0 Å². The number of hydrogen-bond acceptors (Lipinski definition) is 2. The maximum atomic E-state index is 5.40. The zero-order valence-electron chi connectivity index (χ0n) is 12.4. The minimum atomic E-state index is 0.804. The number of benzene rings is 2. The van der Waals surface area contributed by atoms with Gasteiger partial charge in [0, 0.05) is 11.6 Å². The maximum absolute atomic E-state index is 5.40. The van der Waals surface area contributed by atoms with Crippen LogP contribution in [-0.4, -0.2) is 14.2 Å². The molecule has 2 rings (SSSR count). The Bertz CT molecular complexity index is 518. The average Bonchev–Trinajstić information content (AvgIpc) is 2.48. The monoisotopic (exact) mass is 258 g/mol. The van der Waals surface area contributed by atoms with Crippen LogP contribution in [0, 0.1) is 6.92 Å². The minimum Gasteiger partial charge on any atom is -0.497 e. The highest BCUT2D eigenvalue weighted by Gasteiger charge is 2.07. The zero-order chi connectivity index (χ0) is 14.3. The van der Waals surface area contributed by atoms with E-state index >= 15 is 0 Å². The Balaban J connectivity index is 0.000000861. The molecule has 0 bridgehead atoms. The van der Waals surface area contributed by atoms with Crippen molar-refractivity contribution in [1.29, 1.82) is 0 Å². The van der Waals surface area contributed by atoms with Crippen LogP contribution in [0.2, 0.25) is 0 Å². The lowest BCUT2D eigenvalue weighted by Gasteiger charge is -2.11. The van der Waals surface area contributed by atoms with Crippen molar-refractivity contribution in [3.05, 3.63) is 48.0 Å². The molecule has 0 aliphatic heterocycles. The predicted octanol–water partition coefficient (Wildman–Crippen LogP) is 4.71. The molecule has 0 aliphatic rings. The molecule has 2 aromatic carbocycles. The molecule has 2 heteroatoms. The van der Waals surface area contributed by atoms with E-state index in [2.05, 4.69) is 25.1 Å². The highest BCUT2D eigenvalue weighted by atomic mass is 16.5. The van der Waals surface area contributed by atoms with E-state index in [1.807, 2.05) is 38.1 Å². The quantitative estimate of drug-likeness (QED) is 0.794. The van der Waals surface area contributed by atoms with Crippen molar-refractivity contribution < 1.29 is 9.47 Å². The van der Waals surface area contributed by atoms with Crippen molar-refractivity contribution in [2.75, 3.05) is 14.2 Å². The molecular weight excluding hydrogens is 236 g/mol. The summed E-state index contributed by atoms with van der Waals surface area (Å²) in [5.74, 6) is 1.63. The van der Waals surface area contributed by atoms with Crippen LogP contribution in [0.3, 0.4) is 0 Å². The molecule has 0 saturated carbocycles. The fourth-order valence-electron chi connectivity index (χ4n) is 1.85. The molecule has 0 amide bonds. The summed E-state index contributed by atoms with van der Waals surface area (Å²) >= 11 is 0. The maximum Gasteiger partial charge on any atom is 0.130 e. The van der Waals surface area contributed by atoms with E-state index < -0.39 is 0 Å². The van der Waals surface area contributed by atoms with Gasteiger partial charge in [-0.25, -0.2) is 0 Å². The van der Waals surface area contributed by atoms with Gasteiger partial charge in [-0.2, -0.15) is 0 Å². The van der Waals surface area contributed by atoms with E-state index in [9.17, 15) is 0 Å². The van der Waals surface area contributed by atoms with Crippen LogP contribution in [0.15, 0.2) is 42.5 Å². The number of methoxy groups -OCH3 is 2. The van der Waals surface area contributed by atoms with Gasteiger partial charge in [-0.3, -0.25) is 0 Å². The summed E-state index contributed by atoms with van der Waals surface area (Å²) in [6.07, 6.45) is 0. The molecule has 0 fully saturated rings. The number of ether oxygens (including phenoxy) is 2. The van der Waals surface area contributed by atoms with Crippen LogP contribution >= 0.6 is 0 Å². The molecule has 19 heavy (non-hydrogen) atoms. The largest absolute Gasteiger partial charge is 0.497 e. The summed E-state index contributed by atoms with van der Waals surface area (Å²) in [5, 5.41) is 0. The standard InChI is InChI=1S/C15H16O2.C2H6/c1-11-5-4-6-12(9-11)14-8-7-13(16-2)10-15(14)17-3;1-2/h4-10H,1-3H3;1-2H3. The van der Waals surface area contributed by atoms with Crippen molar-refractivity contribution in [2.45, 2.75) is 20.8 Å². The van der Waals surface area contributed by atoms with E-state index in [-0.39, 0.29) is 0 Å². The fourth-order valence-corrected chi connectivity index (χ4v) is 1.85. The van der Waals surface area contributed by atoms with E-state index in [0.29, 0.717) is 0 Å². The van der Waals surface area contributed by atoms with Gasteiger partial charge in [-0.1, -0.05) is 43.7 Å².